The maximum absolute atomic E-state index is 13.2. The number of aryl methyl sites for hydroxylation is 1. The predicted octanol–water partition coefficient (Wildman–Crippen LogP) is 6.70. The van der Waals surface area contributed by atoms with Crippen molar-refractivity contribution in [2.24, 2.45) is 0 Å². The molecule has 1 unspecified atom stereocenters. The number of nitrogens with zero attached hydrogens (tertiary/aromatic N) is 1. The zero-order valence-electron chi connectivity index (χ0n) is 17.6. The number of amides is 1. The van der Waals surface area contributed by atoms with Crippen LogP contribution in [0.15, 0.2) is 70.7 Å². The molecular weight excluding hydrogens is 529 g/mol. The van der Waals surface area contributed by atoms with Gasteiger partial charge in [-0.15, -0.1) is 0 Å². The van der Waals surface area contributed by atoms with Gasteiger partial charge in [-0.05, 0) is 64.8 Å². The monoisotopic (exact) mass is 545 g/mol. The summed E-state index contributed by atoms with van der Waals surface area (Å²) in [6.45, 7) is 1.91. The van der Waals surface area contributed by atoms with Crippen LogP contribution in [0.4, 0.5) is 5.69 Å². The molecule has 0 saturated carbocycles. The third-order valence-electron chi connectivity index (χ3n) is 5.41. The molecule has 1 N–H and O–H groups in total. The van der Waals surface area contributed by atoms with Crippen LogP contribution in [0.2, 0.25) is 10.0 Å². The van der Waals surface area contributed by atoms with Crippen LogP contribution in [0.1, 0.15) is 22.7 Å². The highest BCUT2D eigenvalue weighted by molar-refractivity contribution is 9.10. The van der Waals surface area contributed by atoms with Crippen molar-refractivity contribution in [3.05, 3.63) is 97.4 Å². The van der Waals surface area contributed by atoms with Crippen LogP contribution < -0.4 is 9.64 Å². The number of carbonyl (C=O) groups is 2. The van der Waals surface area contributed by atoms with E-state index in [0.29, 0.717) is 32.1 Å². The first-order valence-corrected chi connectivity index (χ1v) is 11.4. The lowest BCUT2D eigenvalue weighted by molar-refractivity contribution is -0.132. The van der Waals surface area contributed by atoms with Crippen molar-refractivity contribution in [2.45, 2.75) is 13.0 Å². The Morgan fingerprint density at radius 2 is 1.79 bits per heavy atom. The molecule has 1 atom stereocenters. The maximum atomic E-state index is 13.2. The van der Waals surface area contributed by atoms with Crippen LogP contribution in [0.5, 0.6) is 5.75 Å². The number of hydrogen-bond acceptors (Lipinski definition) is 4. The number of benzene rings is 3. The van der Waals surface area contributed by atoms with Crippen molar-refractivity contribution in [1.29, 1.82) is 0 Å². The number of ether oxygens (including phenoxy) is 1. The van der Waals surface area contributed by atoms with Crippen molar-refractivity contribution in [2.75, 3.05) is 12.0 Å². The Morgan fingerprint density at radius 1 is 1.03 bits per heavy atom. The predicted molar refractivity (Wildman–Crippen MR) is 133 cm³/mol. The molecule has 0 radical (unpaired) electrons. The largest absolute Gasteiger partial charge is 0.507 e. The van der Waals surface area contributed by atoms with E-state index in [9.17, 15) is 14.7 Å². The molecule has 3 aromatic carbocycles. The molecule has 0 aliphatic carbocycles. The van der Waals surface area contributed by atoms with E-state index in [0.717, 1.165) is 5.56 Å². The standard InChI is InChI=1S/C25H18BrCl2NO4/c1-13-4-3-5-14(10-13)22-21(23(30)15-6-9-20(33-2)17(26)11-15)24(31)25(32)29(22)16-7-8-18(27)19(28)12-16/h3-12,22,30H,1-2H3/b23-21+. The lowest BCUT2D eigenvalue weighted by atomic mass is 9.94. The highest BCUT2D eigenvalue weighted by Gasteiger charge is 2.47. The number of aliphatic hydroxyl groups excluding tert-OH is 1. The van der Waals surface area contributed by atoms with Gasteiger partial charge in [0.25, 0.3) is 11.7 Å². The van der Waals surface area contributed by atoms with E-state index in [1.54, 1.807) is 30.3 Å². The number of halogens is 3. The quantitative estimate of drug-likeness (QED) is 0.224. The summed E-state index contributed by atoms with van der Waals surface area (Å²) in [6.07, 6.45) is 0. The second-order valence-corrected chi connectivity index (χ2v) is 9.20. The summed E-state index contributed by atoms with van der Waals surface area (Å²) in [7, 11) is 1.53. The molecule has 4 rings (SSSR count). The second-order valence-electron chi connectivity index (χ2n) is 7.53. The van der Waals surface area contributed by atoms with Gasteiger partial charge >= 0.3 is 0 Å². The van der Waals surface area contributed by atoms with E-state index >= 15 is 0 Å². The summed E-state index contributed by atoms with van der Waals surface area (Å²) in [4.78, 5) is 27.8. The van der Waals surface area contributed by atoms with Crippen molar-refractivity contribution >= 4 is 62.3 Å². The second kappa shape index (κ2) is 9.21. The molecule has 1 heterocycles. The van der Waals surface area contributed by atoms with Gasteiger partial charge in [-0.1, -0.05) is 53.0 Å². The highest BCUT2D eigenvalue weighted by Crippen LogP contribution is 2.44. The summed E-state index contributed by atoms with van der Waals surface area (Å²) in [5.74, 6) is -1.28. The molecule has 8 heteroatoms. The maximum Gasteiger partial charge on any atom is 0.300 e. The van der Waals surface area contributed by atoms with E-state index in [1.165, 1.54) is 18.1 Å². The van der Waals surface area contributed by atoms with Gasteiger partial charge < -0.3 is 9.84 Å². The number of Topliss-reactive ketones (excluding diaryl/α,β-unsaturated/α-hetero) is 1. The molecule has 3 aromatic rings. The number of rotatable bonds is 4. The lowest BCUT2D eigenvalue weighted by Crippen LogP contribution is -2.29. The van der Waals surface area contributed by atoms with E-state index in [4.69, 9.17) is 27.9 Å². The fraction of sp³-hybridized carbons (Fsp3) is 0.120. The van der Waals surface area contributed by atoms with Crippen molar-refractivity contribution in [3.8, 4) is 5.75 Å². The Hall–Kier alpha value is -2.80. The van der Waals surface area contributed by atoms with Crippen molar-refractivity contribution in [3.63, 3.8) is 0 Å². The van der Waals surface area contributed by atoms with Crippen LogP contribution in [0.3, 0.4) is 0 Å². The zero-order valence-corrected chi connectivity index (χ0v) is 20.7. The fourth-order valence-electron chi connectivity index (χ4n) is 3.86. The molecule has 5 nitrogen and oxygen atoms in total. The van der Waals surface area contributed by atoms with Gasteiger partial charge in [0.1, 0.15) is 11.5 Å². The minimum absolute atomic E-state index is 0.0197. The van der Waals surface area contributed by atoms with E-state index in [-0.39, 0.29) is 16.4 Å². The number of aliphatic hydroxyl groups is 1. The third-order valence-corrected chi connectivity index (χ3v) is 6.77. The van der Waals surface area contributed by atoms with Gasteiger partial charge in [-0.2, -0.15) is 0 Å². The van der Waals surface area contributed by atoms with E-state index in [2.05, 4.69) is 15.9 Å². The number of ketones is 1. The zero-order chi connectivity index (χ0) is 23.9. The normalized spacial score (nSPS) is 17.5. The van der Waals surface area contributed by atoms with Crippen molar-refractivity contribution < 1.29 is 19.4 Å². The molecule has 0 aromatic heterocycles. The smallest absolute Gasteiger partial charge is 0.300 e. The van der Waals surface area contributed by atoms with Crippen LogP contribution in [-0.2, 0) is 9.59 Å². The van der Waals surface area contributed by atoms with Crippen LogP contribution >= 0.6 is 39.1 Å². The molecule has 0 spiro atoms. The van der Waals surface area contributed by atoms with Gasteiger partial charge in [0.2, 0.25) is 0 Å². The summed E-state index contributed by atoms with van der Waals surface area (Å²) < 4.78 is 5.84. The van der Waals surface area contributed by atoms with E-state index < -0.39 is 17.7 Å². The highest BCUT2D eigenvalue weighted by atomic mass is 79.9. The first kappa shape index (κ1) is 23.4. The Bertz CT molecular complexity index is 1320. The minimum atomic E-state index is -0.858. The van der Waals surface area contributed by atoms with Crippen LogP contribution in [0, 0.1) is 6.92 Å². The van der Waals surface area contributed by atoms with E-state index in [1.807, 2.05) is 31.2 Å². The van der Waals surface area contributed by atoms with Gasteiger partial charge in [0.15, 0.2) is 0 Å². The molecule has 1 fully saturated rings. The molecule has 1 amide bonds. The van der Waals surface area contributed by atoms with Crippen LogP contribution in [0.25, 0.3) is 5.76 Å². The topological polar surface area (TPSA) is 66.8 Å². The van der Waals surface area contributed by atoms with Gasteiger partial charge in [0.05, 0.1) is 33.2 Å². The Balaban J connectivity index is 1.96. The number of methoxy groups -OCH3 is 1. The van der Waals surface area contributed by atoms with Crippen molar-refractivity contribution in [1.82, 2.24) is 0 Å². The molecule has 1 aliphatic heterocycles. The summed E-state index contributed by atoms with van der Waals surface area (Å²) in [5, 5.41) is 11.8. The number of anilines is 1. The Labute approximate surface area is 209 Å². The summed E-state index contributed by atoms with van der Waals surface area (Å²) in [6, 6.07) is 16.2. The average molecular weight is 547 g/mol. The van der Waals surface area contributed by atoms with Gasteiger partial charge in [-0.3, -0.25) is 14.5 Å². The molecule has 1 saturated heterocycles. The molecule has 1 aliphatic rings. The number of hydrogen-bond donors (Lipinski definition) is 1. The molecule has 168 valence electrons. The van der Waals surface area contributed by atoms with Gasteiger partial charge in [0, 0.05) is 11.3 Å². The SMILES string of the molecule is COc1ccc(/C(O)=C2\C(=O)C(=O)N(c3ccc(Cl)c(Cl)c3)C2c2cccc(C)c2)cc1Br. The fourth-order valence-corrected chi connectivity index (χ4v) is 4.69. The van der Waals surface area contributed by atoms with Crippen LogP contribution in [-0.4, -0.2) is 23.9 Å². The molecule has 0 bridgehead atoms. The summed E-state index contributed by atoms with van der Waals surface area (Å²) >= 11 is 15.7. The Kier molecular flexibility index (Phi) is 6.52. The Morgan fingerprint density at radius 3 is 2.42 bits per heavy atom. The molecular formula is C25H18BrCl2NO4. The first-order valence-electron chi connectivity index (χ1n) is 9.89. The number of carbonyl (C=O) groups excluding carboxylic acids is 2. The first-order chi connectivity index (χ1) is 15.7. The molecule has 33 heavy (non-hydrogen) atoms. The lowest BCUT2D eigenvalue weighted by Gasteiger charge is -2.26. The minimum Gasteiger partial charge on any atom is -0.507 e. The summed E-state index contributed by atoms with van der Waals surface area (Å²) in [5.41, 5.74) is 2.36. The average Bonchev–Trinajstić information content (AvgIpc) is 3.06. The van der Waals surface area contributed by atoms with Gasteiger partial charge in [-0.25, -0.2) is 0 Å². The third kappa shape index (κ3) is 4.26.